The number of nitrogens with one attached hydrogen (secondary N) is 2. The standard InChI is InChI=1S/C24H20ClF2N5O3.ClH/c1-34-20-10-16-19(11-21(20)35-8-2-7-25)29-13-30-23(16)31-15-4-6-22(28-12-15)32-24(33)14-3-5-17(26)18(27)9-14;/h3-6,9-13H,2,7-8H2,1H3,(H,28,32,33)(H,29,30,31);1H. The van der Waals surface area contributed by atoms with Crippen molar-refractivity contribution in [1.29, 1.82) is 0 Å². The first-order valence-corrected chi connectivity index (χ1v) is 11.0. The molecule has 0 unspecified atom stereocenters. The lowest BCUT2D eigenvalue weighted by Gasteiger charge is -2.13. The number of nitrogens with zero attached hydrogens (tertiary/aromatic N) is 3. The van der Waals surface area contributed by atoms with Crippen molar-refractivity contribution in [2.24, 2.45) is 0 Å². The normalized spacial score (nSPS) is 10.4. The summed E-state index contributed by atoms with van der Waals surface area (Å²) in [5.41, 5.74) is 1.21. The number of hydrogen-bond acceptors (Lipinski definition) is 7. The largest absolute Gasteiger partial charge is 0.493 e. The van der Waals surface area contributed by atoms with Gasteiger partial charge in [0.25, 0.3) is 5.91 Å². The van der Waals surface area contributed by atoms with Crippen LogP contribution >= 0.6 is 24.0 Å². The Bertz CT molecular complexity index is 1360. The predicted molar refractivity (Wildman–Crippen MR) is 136 cm³/mol. The Morgan fingerprint density at radius 3 is 2.56 bits per heavy atom. The van der Waals surface area contributed by atoms with Gasteiger partial charge in [-0.2, -0.15) is 0 Å². The number of fused-ring (bicyclic) bond motifs is 1. The van der Waals surface area contributed by atoms with Crippen LogP contribution in [0.2, 0.25) is 0 Å². The molecular formula is C24H21Cl2F2N5O3. The van der Waals surface area contributed by atoms with E-state index in [9.17, 15) is 13.6 Å². The van der Waals surface area contributed by atoms with E-state index in [4.69, 9.17) is 21.1 Å². The summed E-state index contributed by atoms with van der Waals surface area (Å²) in [5, 5.41) is 6.40. The average Bonchev–Trinajstić information content (AvgIpc) is 2.86. The molecule has 0 aliphatic heterocycles. The van der Waals surface area contributed by atoms with E-state index in [-0.39, 0.29) is 23.8 Å². The molecule has 0 fully saturated rings. The first kappa shape index (κ1) is 26.8. The number of benzene rings is 2. The average molecular weight is 536 g/mol. The number of methoxy groups -OCH3 is 1. The summed E-state index contributed by atoms with van der Waals surface area (Å²) in [6.07, 6.45) is 3.61. The highest BCUT2D eigenvalue weighted by molar-refractivity contribution is 6.17. The Morgan fingerprint density at radius 1 is 1.03 bits per heavy atom. The van der Waals surface area contributed by atoms with Crippen LogP contribution in [0.3, 0.4) is 0 Å². The molecule has 8 nitrogen and oxygen atoms in total. The minimum atomic E-state index is -1.10. The van der Waals surface area contributed by atoms with E-state index < -0.39 is 17.5 Å². The molecule has 0 spiro atoms. The molecule has 2 N–H and O–H groups in total. The van der Waals surface area contributed by atoms with Crippen molar-refractivity contribution in [3.63, 3.8) is 0 Å². The number of rotatable bonds is 9. The molecule has 2 aromatic heterocycles. The molecule has 12 heteroatoms. The summed E-state index contributed by atoms with van der Waals surface area (Å²) in [5.74, 6) is -0.425. The molecule has 36 heavy (non-hydrogen) atoms. The number of hydrogen-bond donors (Lipinski definition) is 2. The maximum absolute atomic E-state index is 13.4. The van der Waals surface area contributed by atoms with Gasteiger partial charge in [-0.3, -0.25) is 4.79 Å². The smallest absolute Gasteiger partial charge is 0.256 e. The zero-order chi connectivity index (χ0) is 24.8. The molecule has 0 atom stereocenters. The summed E-state index contributed by atoms with van der Waals surface area (Å²) in [4.78, 5) is 25.1. The highest BCUT2D eigenvalue weighted by Gasteiger charge is 2.13. The number of ether oxygens (including phenoxy) is 2. The van der Waals surface area contributed by atoms with E-state index in [1.54, 1.807) is 31.4 Å². The van der Waals surface area contributed by atoms with Gasteiger partial charge in [0.15, 0.2) is 23.1 Å². The molecule has 4 aromatic rings. The third kappa shape index (κ3) is 6.27. The van der Waals surface area contributed by atoms with Gasteiger partial charge in [-0.15, -0.1) is 24.0 Å². The van der Waals surface area contributed by atoms with E-state index in [1.807, 2.05) is 0 Å². The van der Waals surface area contributed by atoms with Crippen molar-refractivity contribution >= 4 is 58.1 Å². The Kier molecular flexibility index (Phi) is 9.15. The molecule has 0 saturated carbocycles. The molecule has 4 rings (SSSR count). The predicted octanol–water partition coefficient (Wildman–Crippen LogP) is 5.74. The van der Waals surface area contributed by atoms with E-state index in [0.717, 1.165) is 12.1 Å². The van der Waals surface area contributed by atoms with Gasteiger partial charge >= 0.3 is 0 Å². The fourth-order valence-corrected chi connectivity index (χ4v) is 3.29. The summed E-state index contributed by atoms with van der Waals surface area (Å²) in [7, 11) is 1.55. The van der Waals surface area contributed by atoms with Gasteiger partial charge in [-0.25, -0.2) is 23.7 Å². The van der Waals surface area contributed by atoms with E-state index in [2.05, 4.69) is 25.6 Å². The summed E-state index contributed by atoms with van der Waals surface area (Å²) < 4.78 is 37.7. The van der Waals surface area contributed by atoms with Crippen LogP contribution in [0.4, 0.5) is 26.1 Å². The third-order valence-electron chi connectivity index (χ3n) is 4.91. The van der Waals surface area contributed by atoms with E-state index >= 15 is 0 Å². The maximum Gasteiger partial charge on any atom is 0.256 e. The Hall–Kier alpha value is -3.76. The minimum absolute atomic E-state index is 0. The van der Waals surface area contributed by atoms with E-state index in [1.165, 1.54) is 18.6 Å². The summed E-state index contributed by atoms with van der Waals surface area (Å²) in [6, 6.07) is 9.69. The number of alkyl halides is 1. The third-order valence-corrected chi connectivity index (χ3v) is 5.17. The molecule has 0 aliphatic carbocycles. The molecule has 0 radical (unpaired) electrons. The molecule has 1 amide bonds. The fraction of sp³-hybridized carbons (Fsp3) is 0.167. The first-order chi connectivity index (χ1) is 17.0. The van der Waals surface area contributed by atoms with Crippen LogP contribution in [-0.2, 0) is 0 Å². The van der Waals surface area contributed by atoms with Crippen molar-refractivity contribution in [2.45, 2.75) is 6.42 Å². The quantitative estimate of drug-likeness (QED) is 0.208. The second-order valence-electron chi connectivity index (χ2n) is 7.27. The number of carbonyl (C=O) groups excluding carboxylic acids is 1. The van der Waals surface area contributed by atoms with Crippen LogP contribution in [0.1, 0.15) is 16.8 Å². The molecule has 2 heterocycles. The Balaban J connectivity index is 0.00000361. The van der Waals surface area contributed by atoms with Crippen molar-refractivity contribution in [2.75, 3.05) is 30.2 Å². The van der Waals surface area contributed by atoms with Gasteiger partial charge in [-0.05, 0) is 42.8 Å². The summed E-state index contributed by atoms with van der Waals surface area (Å²) >= 11 is 5.72. The van der Waals surface area contributed by atoms with Gasteiger partial charge in [0, 0.05) is 22.9 Å². The molecule has 0 aliphatic rings. The highest BCUT2D eigenvalue weighted by Crippen LogP contribution is 2.34. The Morgan fingerprint density at radius 2 is 1.86 bits per heavy atom. The SMILES string of the molecule is COc1cc2c(Nc3ccc(NC(=O)c4ccc(F)c(F)c4)nc3)ncnc2cc1OCCCCl.Cl. The maximum atomic E-state index is 13.4. The van der Waals surface area contributed by atoms with Crippen LogP contribution < -0.4 is 20.1 Å². The molecule has 2 aromatic carbocycles. The first-order valence-electron chi connectivity index (χ1n) is 10.5. The lowest BCUT2D eigenvalue weighted by atomic mass is 10.2. The number of halogens is 4. The van der Waals surface area contributed by atoms with Crippen molar-refractivity contribution in [3.05, 3.63) is 72.2 Å². The van der Waals surface area contributed by atoms with Crippen molar-refractivity contribution < 1.29 is 23.0 Å². The molecular weight excluding hydrogens is 515 g/mol. The summed E-state index contributed by atoms with van der Waals surface area (Å²) in [6.45, 7) is 0.451. The highest BCUT2D eigenvalue weighted by atomic mass is 35.5. The van der Waals surface area contributed by atoms with E-state index in [0.29, 0.717) is 52.8 Å². The van der Waals surface area contributed by atoms with Gasteiger partial charge in [0.2, 0.25) is 0 Å². The number of aromatic nitrogens is 3. The van der Waals surface area contributed by atoms with Crippen LogP contribution in [-0.4, -0.2) is 40.5 Å². The van der Waals surface area contributed by atoms with Gasteiger partial charge in [-0.1, -0.05) is 0 Å². The second-order valence-corrected chi connectivity index (χ2v) is 7.65. The van der Waals surface area contributed by atoms with Gasteiger partial charge in [0.05, 0.1) is 31.1 Å². The van der Waals surface area contributed by atoms with Crippen molar-refractivity contribution in [1.82, 2.24) is 15.0 Å². The fourth-order valence-electron chi connectivity index (χ4n) is 3.18. The molecule has 0 saturated heterocycles. The molecule has 0 bridgehead atoms. The number of carbonyl (C=O) groups is 1. The van der Waals surface area contributed by atoms with Crippen LogP contribution in [0.25, 0.3) is 10.9 Å². The number of anilines is 3. The zero-order valence-electron chi connectivity index (χ0n) is 18.9. The number of pyridine rings is 1. The monoisotopic (exact) mass is 535 g/mol. The van der Waals surface area contributed by atoms with Crippen LogP contribution in [0.5, 0.6) is 11.5 Å². The lowest BCUT2D eigenvalue weighted by Crippen LogP contribution is -2.13. The minimum Gasteiger partial charge on any atom is -0.493 e. The van der Waals surface area contributed by atoms with Gasteiger partial charge in [0.1, 0.15) is 18.0 Å². The topological polar surface area (TPSA) is 98.3 Å². The lowest BCUT2D eigenvalue weighted by molar-refractivity contribution is 0.102. The molecule has 188 valence electrons. The second kappa shape index (κ2) is 12.3. The zero-order valence-corrected chi connectivity index (χ0v) is 20.5. The Labute approximate surface area is 216 Å². The van der Waals surface area contributed by atoms with Crippen molar-refractivity contribution in [3.8, 4) is 11.5 Å². The van der Waals surface area contributed by atoms with Crippen LogP contribution in [0.15, 0.2) is 55.0 Å². The van der Waals surface area contributed by atoms with Gasteiger partial charge < -0.3 is 20.1 Å². The van der Waals surface area contributed by atoms with Crippen LogP contribution in [0, 0.1) is 11.6 Å². The number of amides is 1.